The standard InChI is InChI=1S/C10H19Cl3NO3P/c11-3-5-14(6-4-12)18(15,9-13)17-8-10-2-1-7-16-10/h10H,1-9H2. The van der Waals surface area contributed by atoms with E-state index < -0.39 is 7.52 Å². The molecule has 18 heavy (non-hydrogen) atoms. The molecule has 0 aliphatic carbocycles. The highest BCUT2D eigenvalue weighted by atomic mass is 35.5. The van der Waals surface area contributed by atoms with Crippen LogP contribution in [-0.2, 0) is 13.8 Å². The van der Waals surface area contributed by atoms with E-state index in [2.05, 4.69) is 0 Å². The molecule has 8 heteroatoms. The van der Waals surface area contributed by atoms with Gasteiger partial charge in [0.05, 0.1) is 12.7 Å². The molecule has 2 unspecified atom stereocenters. The summed E-state index contributed by atoms with van der Waals surface area (Å²) in [5.41, 5.74) is -0.0620. The van der Waals surface area contributed by atoms with E-state index >= 15 is 0 Å². The molecule has 1 saturated heterocycles. The van der Waals surface area contributed by atoms with Crippen LogP contribution in [0.25, 0.3) is 0 Å². The highest BCUT2D eigenvalue weighted by Crippen LogP contribution is 2.51. The molecular formula is C10H19Cl3NO3P. The van der Waals surface area contributed by atoms with E-state index in [1.807, 2.05) is 0 Å². The molecule has 0 aromatic heterocycles. The van der Waals surface area contributed by atoms with E-state index in [-0.39, 0.29) is 11.7 Å². The molecular weight excluding hydrogens is 319 g/mol. The van der Waals surface area contributed by atoms with E-state index in [9.17, 15) is 4.57 Å². The summed E-state index contributed by atoms with van der Waals surface area (Å²) in [6.07, 6.45) is 1.98. The Labute approximate surface area is 123 Å². The zero-order valence-electron chi connectivity index (χ0n) is 10.2. The smallest absolute Gasteiger partial charge is 0.287 e. The molecule has 0 saturated carbocycles. The van der Waals surface area contributed by atoms with Gasteiger partial charge in [0.15, 0.2) is 0 Å². The van der Waals surface area contributed by atoms with Gasteiger partial charge in [0.25, 0.3) is 7.52 Å². The van der Waals surface area contributed by atoms with Crippen LogP contribution in [0.5, 0.6) is 0 Å². The molecule has 0 spiro atoms. The van der Waals surface area contributed by atoms with Crippen molar-refractivity contribution in [2.45, 2.75) is 18.9 Å². The molecule has 4 nitrogen and oxygen atoms in total. The van der Waals surface area contributed by atoms with Crippen LogP contribution in [0.2, 0.25) is 0 Å². The average molecular weight is 339 g/mol. The molecule has 0 radical (unpaired) electrons. The summed E-state index contributed by atoms with van der Waals surface area (Å²) in [7, 11) is -3.05. The summed E-state index contributed by atoms with van der Waals surface area (Å²) in [4.78, 5) is 0. The van der Waals surface area contributed by atoms with Crippen LogP contribution >= 0.6 is 42.3 Å². The zero-order chi connectivity index (χ0) is 13.4. The predicted octanol–water partition coefficient (Wildman–Crippen LogP) is 3.35. The van der Waals surface area contributed by atoms with E-state index in [0.717, 1.165) is 19.4 Å². The second-order valence-electron chi connectivity index (χ2n) is 4.02. The van der Waals surface area contributed by atoms with Crippen molar-refractivity contribution >= 4 is 42.3 Å². The molecule has 1 aliphatic heterocycles. The molecule has 108 valence electrons. The number of nitrogens with zero attached hydrogens (tertiary/aromatic N) is 1. The van der Waals surface area contributed by atoms with E-state index in [0.29, 0.717) is 31.5 Å². The van der Waals surface area contributed by atoms with Crippen LogP contribution in [0.4, 0.5) is 0 Å². The summed E-state index contributed by atoms with van der Waals surface area (Å²) in [5.74, 6) is 0.724. The average Bonchev–Trinajstić information content (AvgIpc) is 2.89. The van der Waals surface area contributed by atoms with Crippen molar-refractivity contribution in [3.05, 3.63) is 0 Å². The van der Waals surface area contributed by atoms with Crippen LogP contribution in [0.15, 0.2) is 0 Å². The maximum Gasteiger partial charge on any atom is 0.287 e. The molecule has 1 fully saturated rings. The van der Waals surface area contributed by atoms with Crippen molar-refractivity contribution < 1.29 is 13.8 Å². The van der Waals surface area contributed by atoms with Crippen molar-refractivity contribution in [3.63, 3.8) is 0 Å². The molecule has 0 amide bonds. The van der Waals surface area contributed by atoms with E-state index in [1.54, 1.807) is 4.67 Å². The van der Waals surface area contributed by atoms with E-state index in [1.165, 1.54) is 0 Å². The number of hydrogen-bond acceptors (Lipinski definition) is 3. The summed E-state index contributed by atoms with van der Waals surface area (Å²) in [5, 5.41) is 0. The summed E-state index contributed by atoms with van der Waals surface area (Å²) >= 11 is 17.2. The van der Waals surface area contributed by atoms with Gasteiger partial charge in [-0.3, -0.25) is 4.57 Å². The van der Waals surface area contributed by atoms with Gasteiger partial charge in [0.2, 0.25) is 0 Å². The lowest BCUT2D eigenvalue weighted by atomic mass is 10.2. The second kappa shape index (κ2) is 9.02. The molecule has 1 aliphatic rings. The molecule has 0 bridgehead atoms. The van der Waals surface area contributed by atoms with Crippen LogP contribution < -0.4 is 0 Å². The Morgan fingerprint density at radius 1 is 1.28 bits per heavy atom. The van der Waals surface area contributed by atoms with Crippen molar-refractivity contribution in [1.82, 2.24) is 4.67 Å². The van der Waals surface area contributed by atoms with Crippen molar-refractivity contribution in [2.24, 2.45) is 0 Å². The normalized spacial score (nSPS) is 23.4. The lowest BCUT2D eigenvalue weighted by molar-refractivity contribution is 0.0654. The first-order valence-corrected chi connectivity index (χ1v) is 9.31. The minimum Gasteiger partial charge on any atom is -0.376 e. The quantitative estimate of drug-likeness (QED) is 0.477. The Morgan fingerprint density at radius 3 is 2.39 bits per heavy atom. The maximum absolute atomic E-state index is 12.6. The first-order valence-electron chi connectivity index (χ1n) is 5.95. The lowest BCUT2D eigenvalue weighted by Gasteiger charge is -2.29. The second-order valence-corrected chi connectivity index (χ2v) is 7.83. The molecule has 0 N–H and O–H groups in total. The van der Waals surface area contributed by atoms with Gasteiger partial charge in [-0.2, -0.15) is 0 Å². The van der Waals surface area contributed by atoms with E-state index in [4.69, 9.17) is 44.1 Å². The third-order valence-electron chi connectivity index (χ3n) is 2.75. The number of ether oxygens (including phenoxy) is 1. The van der Waals surface area contributed by atoms with Gasteiger partial charge in [-0.1, -0.05) is 0 Å². The van der Waals surface area contributed by atoms with Crippen molar-refractivity contribution in [3.8, 4) is 0 Å². The van der Waals surface area contributed by atoms with Crippen molar-refractivity contribution in [2.75, 3.05) is 43.7 Å². The van der Waals surface area contributed by atoms with Gasteiger partial charge in [0.1, 0.15) is 5.62 Å². The SMILES string of the molecule is O=P(CCl)(OCC1CCCO1)N(CCCl)CCCl. The third kappa shape index (κ3) is 5.16. The van der Waals surface area contributed by atoms with Crippen molar-refractivity contribution in [1.29, 1.82) is 0 Å². The fourth-order valence-corrected chi connectivity index (χ4v) is 4.68. The minimum absolute atomic E-state index is 0.0235. The van der Waals surface area contributed by atoms with Gasteiger partial charge in [0, 0.05) is 31.5 Å². The van der Waals surface area contributed by atoms with Crippen LogP contribution in [0.1, 0.15) is 12.8 Å². The number of alkyl halides is 3. The molecule has 2 atom stereocenters. The van der Waals surface area contributed by atoms with Crippen LogP contribution in [0, 0.1) is 0 Å². The van der Waals surface area contributed by atoms with Gasteiger partial charge in [-0.05, 0) is 12.8 Å². The molecule has 0 aromatic rings. The largest absolute Gasteiger partial charge is 0.376 e. The highest BCUT2D eigenvalue weighted by molar-refractivity contribution is 7.58. The third-order valence-corrected chi connectivity index (χ3v) is 6.11. The fourth-order valence-electron chi connectivity index (χ4n) is 1.78. The summed E-state index contributed by atoms with van der Waals surface area (Å²) in [6.45, 7) is 1.95. The topological polar surface area (TPSA) is 38.8 Å². The predicted molar refractivity (Wildman–Crippen MR) is 76.3 cm³/mol. The molecule has 1 heterocycles. The number of rotatable bonds is 9. The zero-order valence-corrected chi connectivity index (χ0v) is 13.4. The Hall–Kier alpha value is 0.980. The van der Waals surface area contributed by atoms with Gasteiger partial charge in [-0.15, -0.1) is 34.8 Å². The lowest BCUT2D eigenvalue weighted by Crippen LogP contribution is -2.28. The minimum atomic E-state index is -3.05. The molecule has 1 rings (SSSR count). The Bertz CT molecular complexity index is 271. The fraction of sp³-hybridized carbons (Fsp3) is 1.00. The Morgan fingerprint density at radius 2 is 1.94 bits per heavy atom. The summed E-state index contributed by atoms with van der Waals surface area (Å²) in [6, 6.07) is 0. The monoisotopic (exact) mass is 337 g/mol. The Balaban J connectivity index is 2.53. The van der Waals surface area contributed by atoms with Crippen LogP contribution in [0.3, 0.4) is 0 Å². The number of hydrogen-bond donors (Lipinski definition) is 0. The molecule has 0 aromatic carbocycles. The van der Waals surface area contributed by atoms with Gasteiger partial charge < -0.3 is 9.26 Å². The first-order chi connectivity index (χ1) is 8.66. The highest BCUT2D eigenvalue weighted by Gasteiger charge is 2.32. The van der Waals surface area contributed by atoms with Gasteiger partial charge >= 0.3 is 0 Å². The first kappa shape index (κ1) is 17.0. The summed E-state index contributed by atoms with van der Waals surface area (Å²) < 4.78 is 25.2. The number of halogens is 3. The Kier molecular flexibility index (Phi) is 8.53. The van der Waals surface area contributed by atoms with Crippen LogP contribution in [-0.4, -0.2) is 54.5 Å². The maximum atomic E-state index is 12.6. The van der Waals surface area contributed by atoms with Gasteiger partial charge in [-0.25, -0.2) is 4.67 Å².